The van der Waals surface area contributed by atoms with E-state index in [1.54, 1.807) is 0 Å². The van der Waals surface area contributed by atoms with Crippen LogP contribution in [0, 0.1) is 0 Å². The molecule has 7 aromatic carbocycles. The third-order valence-corrected chi connectivity index (χ3v) is 9.02. The maximum absolute atomic E-state index is 5.07. The molecule has 0 radical (unpaired) electrons. The Bertz CT molecular complexity index is 2270. The van der Waals surface area contributed by atoms with Gasteiger partial charge < -0.3 is 4.90 Å². The van der Waals surface area contributed by atoms with Gasteiger partial charge in [-0.15, -0.1) is 0 Å². The molecular weight excluding hydrogens is 593 g/mol. The lowest BCUT2D eigenvalue weighted by Gasteiger charge is -2.23. The number of anilines is 1. The molecule has 2 heteroatoms. The van der Waals surface area contributed by atoms with Gasteiger partial charge in [0.1, 0.15) is 5.84 Å². The number of allylic oxidation sites excluding steroid dienone is 5. The third kappa shape index (κ3) is 6.50. The zero-order chi connectivity index (χ0) is 33.6. The second kappa shape index (κ2) is 14.3. The van der Waals surface area contributed by atoms with E-state index in [1.165, 1.54) is 43.8 Å². The Labute approximate surface area is 289 Å². The first-order valence-corrected chi connectivity index (χ1v) is 16.7. The van der Waals surface area contributed by atoms with Crippen molar-refractivity contribution in [1.82, 2.24) is 0 Å². The van der Waals surface area contributed by atoms with E-state index in [2.05, 4.69) is 165 Å². The largest absolute Gasteiger partial charge is 0.329 e. The molecule has 0 aliphatic rings. The Morgan fingerprint density at radius 3 is 1.59 bits per heavy atom. The summed E-state index contributed by atoms with van der Waals surface area (Å²) in [6.07, 6.45) is 6.53. The standard InChI is InChI=1S/C47H38N2/c1-4-35(29-28-34(2)36-18-8-5-9-19-36)45-41-24-14-16-26-43(41)46(44-27-17-15-25-42(44)45)37-30-32-40(33-31-37)49(3)47(38-20-10-6-11-21-38)48-39-22-12-7-13-23-39/h4-33H,2H2,1,3H3/b29-28-,35-4+,48-47?. The summed E-state index contributed by atoms with van der Waals surface area (Å²) in [6, 6.07) is 57.3. The van der Waals surface area contributed by atoms with E-state index >= 15 is 0 Å². The second-order valence-electron chi connectivity index (χ2n) is 12.1. The molecule has 49 heavy (non-hydrogen) atoms. The average molecular weight is 631 g/mol. The Balaban J connectivity index is 1.31. The van der Waals surface area contributed by atoms with E-state index in [1.807, 2.05) is 42.5 Å². The van der Waals surface area contributed by atoms with Gasteiger partial charge in [0.05, 0.1) is 5.69 Å². The summed E-state index contributed by atoms with van der Waals surface area (Å²) in [5, 5.41) is 4.90. The smallest absolute Gasteiger partial charge is 0.140 e. The van der Waals surface area contributed by atoms with Gasteiger partial charge in [-0.2, -0.15) is 0 Å². The molecule has 0 aliphatic carbocycles. The van der Waals surface area contributed by atoms with Gasteiger partial charge in [-0.1, -0.05) is 164 Å². The fraction of sp³-hybridized carbons (Fsp3) is 0.0426. The molecular formula is C47H38N2. The number of hydrogen-bond donors (Lipinski definition) is 0. The molecule has 0 amide bonds. The highest BCUT2D eigenvalue weighted by atomic mass is 15.2. The van der Waals surface area contributed by atoms with E-state index in [-0.39, 0.29) is 0 Å². The first-order valence-electron chi connectivity index (χ1n) is 16.7. The minimum Gasteiger partial charge on any atom is -0.329 e. The zero-order valence-electron chi connectivity index (χ0n) is 27.9. The quantitative estimate of drug-likeness (QED) is 0.0706. The molecule has 236 valence electrons. The van der Waals surface area contributed by atoms with Crippen molar-refractivity contribution < 1.29 is 0 Å². The Hall–Kier alpha value is -6.25. The predicted octanol–water partition coefficient (Wildman–Crippen LogP) is 12.5. The Morgan fingerprint density at radius 1 is 0.551 bits per heavy atom. The summed E-state index contributed by atoms with van der Waals surface area (Å²) >= 11 is 0. The summed E-state index contributed by atoms with van der Waals surface area (Å²) in [7, 11) is 2.09. The number of hydrogen-bond acceptors (Lipinski definition) is 1. The van der Waals surface area contributed by atoms with Gasteiger partial charge in [-0.05, 0) is 86.1 Å². The van der Waals surface area contributed by atoms with Crippen molar-refractivity contribution in [3.05, 3.63) is 205 Å². The fourth-order valence-electron chi connectivity index (χ4n) is 6.53. The second-order valence-corrected chi connectivity index (χ2v) is 12.1. The molecule has 0 saturated carbocycles. The van der Waals surface area contributed by atoms with Crippen LogP contribution in [-0.2, 0) is 0 Å². The van der Waals surface area contributed by atoms with Crippen LogP contribution in [0.15, 0.2) is 194 Å². The average Bonchev–Trinajstić information content (AvgIpc) is 3.17. The lowest BCUT2D eigenvalue weighted by Crippen LogP contribution is -2.27. The number of rotatable bonds is 8. The van der Waals surface area contributed by atoms with Crippen molar-refractivity contribution in [2.75, 3.05) is 11.9 Å². The number of para-hydroxylation sites is 1. The molecule has 0 N–H and O–H groups in total. The molecule has 0 atom stereocenters. The molecule has 0 unspecified atom stereocenters. The lowest BCUT2D eigenvalue weighted by atomic mass is 9.85. The summed E-state index contributed by atoms with van der Waals surface area (Å²) in [5.74, 6) is 0.890. The number of aliphatic imine (C=N–C) groups is 1. The summed E-state index contributed by atoms with van der Waals surface area (Å²) in [5.41, 5.74) is 9.96. The molecule has 7 rings (SSSR count). The molecule has 0 aliphatic heterocycles. The van der Waals surface area contributed by atoms with Crippen LogP contribution in [-0.4, -0.2) is 12.9 Å². The van der Waals surface area contributed by atoms with E-state index in [0.29, 0.717) is 0 Å². The van der Waals surface area contributed by atoms with E-state index in [0.717, 1.165) is 33.9 Å². The van der Waals surface area contributed by atoms with Crippen molar-refractivity contribution in [2.45, 2.75) is 6.92 Å². The van der Waals surface area contributed by atoms with Gasteiger partial charge in [0.2, 0.25) is 0 Å². The van der Waals surface area contributed by atoms with Crippen LogP contribution in [0.4, 0.5) is 11.4 Å². The summed E-state index contributed by atoms with van der Waals surface area (Å²) in [4.78, 5) is 7.24. The fourth-order valence-corrected chi connectivity index (χ4v) is 6.53. The van der Waals surface area contributed by atoms with Gasteiger partial charge in [0.15, 0.2) is 0 Å². The molecule has 0 bridgehead atoms. The van der Waals surface area contributed by atoms with E-state index in [9.17, 15) is 0 Å². The van der Waals surface area contributed by atoms with Gasteiger partial charge in [0, 0.05) is 18.3 Å². The van der Waals surface area contributed by atoms with Crippen LogP contribution < -0.4 is 4.90 Å². The maximum atomic E-state index is 5.07. The van der Waals surface area contributed by atoms with Gasteiger partial charge >= 0.3 is 0 Å². The Kier molecular flexibility index (Phi) is 9.12. The van der Waals surface area contributed by atoms with Crippen LogP contribution in [0.3, 0.4) is 0 Å². The highest BCUT2D eigenvalue weighted by Gasteiger charge is 2.18. The topological polar surface area (TPSA) is 15.6 Å². The molecule has 7 aromatic rings. The highest BCUT2D eigenvalue weighted by Crippen LogP contribution is 2.42. The SMILES string of the molecule is C=C(/C=C\C(=C/C)c1c2ccccc2c(-c2ccc(N(C)C(=Nc3ccccc3)c3ccccc3)cc2)c2ccccc12)c1ccccc1. The first-order chi connectivity index (χ1) is 24.1. The molecule has 0 fully saturated rings. The van der Waals surface area contributed by atoms with Crippen molar-refractivity contribution in [1.29, 1.82) is 0 Å². The van der Waals surface area contributed by atoms with Crippen molar-refractivity contribution in [2.24, 2.45) is 4.99 Å². The molecule has 0 heterocycles. The molecule has 2 nitrogen and oxygen atoms in total. The predicted molar refractivity (Wildman–Crippen MR) is 213 cm³/mol. The van der Waals surface area contributed by atoms with Crippen molar-refractivity contribution in [3.8, 4) is 11.1 Å². The molecule has 0 saturated heterocycles. The van der Waals surface area contributed by atoms with Crippen LogP contribution in [0.25, 0.3) is 43.8 Å². The van der Waals surface area contributed by atoms with Crippen LogP contribution in [0.1, 0.15) is 23.6 Å². The summed E-state index contributed by atoms with van der Waals surface area (Å²) < 4.78 is 0. The number of amidine groups is 1. The Morgan fingerprint density at radius 2 is 1.04 bits per heavy atom. The van der Waals surface area contributed by atoms with Crippen LogP contribution in [0.2, 0.25) is 0 Å². The first kappa shape index (κ1) is 31.4. The van der Waals surface area contributed by atoms with Gasteiger partial charge in [-0.3, -0.25) is 0 Å². The third-order valence-electron chi connectivity index (χ3n) is 9.02. The number of nitrogens with zero attached hydrogens (tertiary/aromatic N) is 2. The maximum Gasteiger partial charge on any atom is 0.140 e. The number of fused-ring (bicyclic) bond motifs is 2. The number of benzene rings is 7. The van der Waals surface area contributed by atoms with Crippen LogP contribution in [0.5, 0.6) is 0 Å². The minimum atomic E-state index is 0.890. The minimum absolute atomic E-state index is 0.890. The lowest BCUT2D eigenvalue weighted by molar-refractivity contribution is 1.24. The van der Waals surface area contributed by atoms with Crippen molar-refractivity contribution >= 4 is 49.9 Å². The normalized spacial score (nSPS) is 12.1. The zero-order valence-corrected chi connectivity index (χ0v) is 27.9. The van der Waals surface area contributed by atoms with Gasteiger partial charge in [0.25, 0.3) is 0 Å². The van der Waals surface area contributed by atoms with Gasteiger partial charge in [-0.25, -0.2) is 4.99 Å². The molecule has 0 spiro atoms. The van der Waals surface area contributed by atoms with E-state index < -0.39 is 0 Å². The van der Waals surface area contributed by atoms with Crippen LogP contribution >= 0.6 is 0 Å². The molecule has 0 aromatic heterocycles. The van der Waals surface area contributed by atoms with E-state index in [4.69, 9.17) is 4.99 Å². The van der Waals surface area contributed by atoms with Crippen molar-refractivity contribution in [3.63, 3.8) is 0 Å². The monoisotopic (exact) mass is 630 g/mol. The summed E-state index contributed by atoms with van der Waals surface area (Å²) in [6.45, 7) is 6.46. The highest BCUT2D eigenvalue weighted by molar-refractivity contribution is 6.19.